The van der Waals surface area contributed by atoms with Gasteiger partial charge in [0, 0.05) is 110 Å². The second kappa shape index (κ2) is 54.0. The molecule has 18 amide bonds. The second-order valence-electron chi connectivity index (χ2n) is 30.5. The number of carbonyl (C=O) groups is 18. The minimum absolute atomic E-state index is 0.00530. The van der Waals surface area contributed by atoms with E-state index in [-0.39, 0.29) is 69.7 Å². The maximum absolute atomic E-state index is 15.3. The van der Waals surface area contributed by atoms with E-state index in [2.05, 4.69) is 115 Å². The summed E-state index contributed by atoms with van der Waals surface area (Å²) in [7, 11) is 0. The molecule has 0 fully saturated rings. The number of aliphatic hydroxyl groups is 1. The topological polar surface area (TPSA) is 749 Å². The number of aliphatic hydroxyl groups excluding tert-OH is 1. The van der Waals surface area contributed by atoms with Crippen molar-refractivity contribution in [2.24, 2.45) is 40.3 Å². The van der Waals surface area contributed by atoms with Gasteiger partial charge in [0.15, 0.2) is 5.96 Å². The van der Waals surface area contributed by atoms with Crippen molar-refractivity contribution in [1.82, 2.24) is 89.7 Å². The highest BCUT2D eigenvalue weighted by molar-refractivity contribution is 7.80. The summed E-state index contributed by atoms with van der Waals surface area (Å²) in [6, 6.07) is 0.580. The molecule has 2 heterocycles. The molecule has 128 heavy (non-hydrogen) atoms. The predicted molar refractivity (Wildman–Crippen MR) is 472 cm³/mol. The minimum Gasteiger partial charge on any atom is -0.508 e. The molecule has 32 N–H and O–H groups in total. The molecule has 5 rings (SSSR count). The quantitative estimate of drug-likeness (QED) is 0.00744. The lowest BCUT2D eigenvalue weighted by atomic mass is 9.98. The van der Waals surface area contributed by atoms with Gasteiger partial charge in [0.1, 0.15) is 78.8 Å². The van der Waals surface area contributed by atoms with Gasteiger partial charge in [-0.25, -0.2) is 0 Å². The molecule has 3 aromatic carbocycles. The molecule has 0 bridgehead atoms. The van der Waals surface area contributed by atoms with E-state index >= 15 is 9.59 Å². The first-order chi connectivity index (χ1) is 60.7. The van der Waals surface area contributed by atoms with Crippen LogP contribution in [0, 0.1) is 11.3 Å². The van der Waals surface area contributed by atoms with Crippen LogP contribution in [-0.4, -0.2) is 262 Å². The number of carbonyl (C=O) groups excluding carboxylic acids is 18. The Bertz CT molecular complexity index is 4700. The number of hydrogen-bond acceptors (Lipinski definition) is 25. The van der Waals surface area contributed by atoms with Gasteiger partial charge >= 0.3 is 0 Å². The summed E-state index contributed by atoms with van der Waals surface area (Å²) in [4.78, 5) is 251. The average Bonchev–Trinajstić information content (AvgIpc) is 1.66. The number of para-hydroxylation sites is 2. The third-order valence-electron chi connectivity index (χ3n) is 19.9. The zero-order chi connectivity index (χ0) is 94.9. The summed E-state index contributed by atoms with van der Waals surface area (Å²) in [5, 5.41) is 68.0. The molecule has 0 saturated heterocycles. The van der Waals surface area contributed by atoms with Crippen molar-refractivity contribution < 1.29 is 101 Å². The standard InChI is InChI=1S/C81H118N24O21S2/c1-41(2)56(34-66(112)96-60(33-65(85)111)71(116)93-37-67(113)89-28-29-126-38-68(114)95-52(70(86)115)16-9-10-26-82)100-72(117)53(17-11-27-90-81(87)88)97-76(121)58(31-45-35-91-50-14-7-5-12-48(45)50)102-75(120)57(30-44-18-20-47(108)21-19-44)101-79(124)62(40-128)104-73(118)54(22-24-63(83)109)98-77(122)59(32-46-36-92-51-15-8-6-13-49(46)51)103-80(125)69(42(3)106)105-74(119)55(23-25-64(84)110)99-78(123)61(39-127)94-43(4)107/h5-8,12-15,18-21,35-36,41-42,52-62,69,91-92,106,108,127-128H,9-11,16-17,22-34,37-40,82H2,1-4H3,(H2,83,109)(H2,84,110)(H2,85,111)(H2,86,115)(H,89,113)(H,93,116)(H,94,107)(H,95,114)(H,96,112)(H,97,121)(H,98,122)(H,99,123)(H,100,117)(H,101,124)(H,102,120)(H,103,125)(H,104,118)(H,105,119)(H4,87,88,90)/t42-,52-,53+,54+,55+,56-,57+,58+,59+,60+,61+,62+,69+/m1/s1. The van der Waals surface area contributed by atoms with Gasteiger partial charge in [0.2, 0.25) is 106 Å². The molecular formula is C81H118N24O21S2. The molecule has 0 radical (unpaired) electrons. The number of phenolic OH excluding ortho intramolecular Hbond substituents is 1. The molecule has 0 aliphatic heterocycles. The number of rotatable bonds is 58. The maximum Gasteiger partial charge on any atom is 0.246 e. The summed E-state index contributed by atoms with van der Waals surface area (Å²) in [5.74, 6) is -19.0. The van der Waals surface area contributed by atoms with Crippen LogP contribution in [0.2, 0.25) is 0 Å². The molecule has 2 aromatic heterocycles. The third-order valence-corrected chi connectivity index (χ3v) is 20.6. The van der Waals surface area contributed by atoms with Crippen LogP contribution in [0.15, 0.2) is 85.2 Å². The Labute approximate surface area is 747 Å². The number of aromatic hydroxyl groups is 1. The van der Waals surface area contributed by atoms with Gasteiger partial charge in [-0.2, -0.15) is 25.3 Å². The first-order valence-electron chi connectivity index (χ1n) is 41.1. The Morgan fingerprint density at radius 1 is 0.445 bits per heavy atom. The summed E-state index contributed by atoms with van der Waals surface area (Å²) >= 11 is 8.47. The van der Waals surface area contributed by atoms with E-state index in [1.165, 1.54) is 30.5 Å². The highest BCUT2D eigenvalue weighted by atomic mass is 32.1. The third kappa shape index (κ3) is 36.8. The zero-order valence-corrected chi connectivity index (χ0v) is 73.0. The Hall–Kier alpha value is -13.1. The number of H-pyrrole nitrogens is 2. The average molecular weight is 1830 g/mol. The molecule has 0 unspecified atom stereocenters. The van der Waals surface area contributed by atoms with Gasteiger partial charge in [-0.3, -0.25) is 91.7 Å². The normalized spacial score (nSPS) is 14.2. The molecule has 0 aliphatic carbocycles. The van der Waals surface area contributed by atoms with Gasteiger partial charge in [0.05, 0.1) is 25.7 Å². The SMILES string of the molecule is CC(=O)N[C@@H](CS)C(=O)N[C@@H](CCC(N)=O)C(=O)N[C@H](C(=O)N[C@@H](Cc1c[nH]c2ccccc12)C(=O)N[C@@H](CCC(N)=O)C(=O)N[C@@H](CS)C(=O)N[C@@H](Cc1ccc(O)cc1)C(=O)N[C@@H](Cc1c[nH]c2ccccc12)C(=O)N[C@@H](CCCNC(=N)N)C(=O)N[C@H](CC(=O)N[C@@H](CC(N)=O)C(=O)NCC(=O)NCCOCC(=O)N[C@H](CCCCN)C(N)=O)C(C)C)[C@@H](C)O. The van der Waals surface area contributed by atoms with Crippen LogP contribution in [0.1, 0.15) is 115 Å². The highest BCUT2D eigenvalue weighted by Crippen LogP contribution is 2.23. The number of nitrogens with two attached hydrogens (primary N) is 6. The lowest BCUT2D eigenvalue weighted by Crippen LogP contribution is -2.62. The number of phenols is 1. The Morgan fingerprint density at radius 2 is 0.898 bits per heavy atom. The van der Waals surface area contributed by atoms with Gasteiger partial charge in [-0.1, -0.05) is 62.4 Å². The zero-order valence-electron chi connectivity index (χ0n) is 71.2. The number of primary amides is 4. The van der Waals surface area contributed by atoms with Crippen molar-refractivity contribution in [3.8, 4) is 5.75 Å². The van der Waals surface area contributed by atoms with E-state index < -0.39 is 254 Å². The number of aromatic amines is 2. The van der Waals surface area contributed by atoms with Crippen molar-refractivity contribution in [2.75, 3.05) is 50.9 Å². The number of amides is 18. The fourth-order valence-electron chi connectivity index (χ4n) is 13.0. The summed E-state index contributed by atoms with van der Waals surface area (Å²) in [6.45, 7) is 4.43. The molecule has 0 aliphatic rings. The van der Waals surface area contributed by atoms with E-state index in [0.29, 0.717) is 57.9 Å². The number of ether oxygens (including phenoxy) is 1. The number of guanidine groups is 1. The van der Waals surface area contributed by atoms with Crippen molar-refractivity contribution in [2.45, 2.75) is 196 Å². The van der Waals surface area contributed by atoms with Crippen molar-refractivity contribution >= 4 is 159 Å². The smallest absolute Gasteiger partial charge is 0.246 e. The van der Waals surface area contributed by atoms with Crippen LogP contribution >= 0.6 is 25.3 Å². The molecule has 700 valence electrons. The maximum atomic E-state index is 15.3. The van der Waals surface area contributed by atoms with Crippen LogP contribution < -0.4 is 114 Å². The number of benzene rings is 3. The van der Waals surface area contributed by atoms with Crippen LogP contribution in [0.5, 0.6) is 5.75 Å². The Balaban J connectivity index is 1.40. The van der Waals surface area contributed by atoms with Gasteiger partial charge < -0.3 is 139 Å². The number of nitrogens with one attached hydrogen (secondary N) is 18. The van der Waals surface area contributed by atoms with Crippen molar-refractivity contribution in [3.05, 3.63) is 102 Å². The van der Waals surface area contributed by atoms with Crippen LogP contribution in [0.3, 0.4) is 0 Å². The summed E-state index contributed by atoms with van der Waals surface area (Å²) in [5.41, 5.74) is 35.3. The number of fused-ring (bicyclic) bond motifs is 2. The molecule has 13 atom stereocenters. The Kier molecular flexibility index (Phi) is 44.5. The minimum atomic E-state index is -1.93. The molecule has 0 spiro atoms. The fourth-order valence-corrected chi connectivity index (χ4v) is 13.5. The molecule has 5 aromatic rings. The van der Waals surface area contributed by atoms with Gasteiger partial charge in [0.25, 0.3) is 0 Å². The number of hydrogen-bond donors (Lipinski definition) is 28. The molecule has 47 heteroatoms. The lowest BCUT2D eigenvalue weighted by Gasteiger charge is -2.29. The largest absolute Gasteiger partial charge is 0.508 e. The molecule has 45 nitrogen and oxygen atoms in total. The number of aromatic nitrogens is 2. The Morgan fingerprint density at radius 3 is 1.38 bits per heavy atom. The molecular weight excluding hydrogens is 1710 g/mol. The number of thiol groups is 2. The summed E-state index contributed by atoms with van der Waals surface area (Å²) < 4.78 is 5.28. The first kappa shape index (κ1) is 105. The van der Waals surface area contributed by atoms with E-state index in [1.54, 1.807) is 68.6 Å². The number of unbranched alkanes of at least 4 members (excludes halogenated alkanes) is 1. The first-order valence-corrected chi connectivity index (χ1v) is 42.4. The van der Waals surface area contributed by atoms with E-state index in [4.69, 9.17) is 44.5 Å². The van der Waals surface area contributed by atoms with Crippen molar-refractivity contribution in [3.63, 3.8) is 0 Å². The fraction of sp³-hybridized carbons (Fsp3) is 0.494. The summed E-state index contributed by atoms with van der Waals surface area (Å²) in [6.07, 6.45) is -1.78. The van der Waals surface area contributed by atoms with E-state index in [9.17, 15) is 86.9 Å². The van der Waals surface area contributed by atoms with Gasteiger partial charge in [-0.15, -0.1) is 0 Å². The van der Waals surface area contributed by atoms with E-state index in [1.807, 2.05) is 0 Å². The predicted octanol–water partition coefficient (Wildman–Crippen LogP) is -6.96. The monoisotopic (exact) mass is 1830 g/mol. The highest BCUT2D eigenvalue weighted by Gasteiger charge is 2.39. The van der Waals surface area contributed by atoms with Gasteiger partial charge in [-0.05, 0) is 105 Å². The van der Waals surface area contributed by atoms with E-state index in [0.717, 1.165) is 13.8 Å². The molecule has 0 saturated carbocycles. The second-order valence-corrected chi connectivity index (χ2v) is 31.3. The lowest BCUT2D eigenvalue weighted by molar-refractivity contribution is -0.137. The van der Waals surface area contributed by atoms with Crippen molar-refractivity contribution in [1.29, 1.82) is 5.41 Å². The van der Waals surface area contributed by atoms with Crippen LogP contribution in [-0.2, 0) is 110 Å². The van der Waals surface area contributed by atoms with Crippen LogP contribution in [0.4, 0.5) is 0 Å². The van der Waals surface area contributed by atoms with Crippen LogP contribution in [0.25, 0.3) is 21.8 Å².